The van der Waals surface area contributed by atoms with Gasteiger partial charge in [-0.3, -0.25) is 0 Å². The van der Waals surface area contributed by atoms with E-state index in [1.165, 1.54) is 44.1 Å². The van der Waals surface area contributed by atoms with Crippen LogP contribution in [0.2, 0.25) is 5.02 Å². The van der Waals surface area contributed by atoms with Crippen LogP contribution < -0.4 is 5.32 Å². The summed E-state index contributed by atoms with van der Waals surface area (Å²) in [6.07, 6.45) is 8.97. The summed E-state index contributed by atoms with van der Waals surface area (Å²) in [7, 11) is 0. The summed E-state index contributed by atoms with van der Waals surface area (Å²) in [5.41, 5.74) is 1.37. The minimum atomic E-state index is 0.521. The highest BCUT2D eigenvalue weighted by Crippen LogP contribution is 2.19. The quantitative estimate of drug-likeness (QED) is 0.720. The number of halogens is 1. The summed E-state index contributed by atoms with van der Waals surface area (Å²) in [6.45, 7) is 4.28. The molecule has 0 aliphatic carbocycles. The van der Waals surface area contributed by atoms with Crippen LogP contribution in [0.4, 0.5) is 0 Å². The fraction of sp³-hybridized carbons (Fsp3) is 0.667. The van der Waals surface area contributed by atoms with Crippen molar-refractivity contribution in [2.75, 3.05) is 13.2 Å². The van der Waals surface area contributed by atoms with Crippen LogP contribution in [0, 0.1) is 0 Å². The molecule has 2 nitrogen and oxygen atoms in total. The van der Waals surface area contributed by atoms with Crippen LogP contribution in [0.15, 0.2) is 24.3 Å². The van der Waals surface area contributed by atoms with Crippen molar-refractivity contribution in [3.8, 4) is 0 Å². The number of hydrogen-bond acceptors (Lipinski definition) is 2. The lowest BCUT2D eigenvalue weighted by Crippen LogP contribution is -2.32. The van der Waals surface area contributed by atoms with Crippen molar-refractivity contribution in [1.82, 2.24) is 5.32 Å². The van der Waals surface area contributed by atoms with Crippen LogP contribution >= 0.6 is 11.6 Å². The van der Waals surface area contributed by atoms with Gasteiger partial charge >= 0.3 is 0 Å². The van der Waals surface area contributed by atoms with Gasteiger partial charge in [-0.25, -0.2) is 0 Å². The molecule has 2 atom stereocenters. The molecule has 0 bridgehead atoms. The molecule has 21 heavy (non-hydrogen) atoms. The lowest BCUT2D eigenvalue weighted by molar-refractivity contribution is 0.101. The minimum absolute atomic E-state index is 0.521. The van der Waals surface area contributed by atoms with Crippen molar-refractivity contribution in [3.63, 3.8) is 0 Å². The van der Waals surface area contributed by atoms with Crippen molar-refractivity contribution in [3.05, 3.63) is 34.9 Å². The van der Waals surface area contributed by atoms with Crippen molar-refractivity contribution in [2.45, 2.75) is 64.0 Å². The molecular weight excluding hydrogens is 282 g/mol. The highest BCUT2D eigenvalue weighted by molar-refractivity contribution is 6.30. The Kier molecular flexibility index (Phi) is 7.56. The van der Waals surface area contributed by atoms with E-state index in [0.717, 1.165) is 24.6 Å². The van der Waals surface area contributed by atoms with Crippen molar-refractivity contribution < 1.29 is 4.74 Å². The third kappa shape index (κ3) is 6.37. The van der Waals surface area contributed by atoms with E-state index >= 15 is 0 Å². The molecule has 2 rings (SSSR count). The summed E-state index contributed by atoms with van der Waals surface area (Å²) in [4.78, 5) is 0. The molecule has 0 saturated carbocycles. The van der Waals surface area contributed by atoms with Gasteiger partial charge in [-0.05, 0) is 69.2 Å². The van der Waals surface area contributed by atoms with Crippen LogP contribution in [-0.2, 0) is 11.2 Å². The molecule has 1 aromatic rings. The zero-order chi connectivity index (χ0) is 14.9. The highest BCUT2D eigenvalue weighted by Gasteiger charge is 2.16. The van der Waals surface area contributed by atoms with E-state index in [1.807, 2.05) is 12.1 Å². The Hall–Kier alpha value is -0.570. The molecule has 118 valence electrons. The molecule has 0 spiro atoms. The molecule has 0 amide bonds. The van der Waals surface area contributed by atoms with Crippen molar-refractivity contribution in [2.24, 2.45) is 0 Å². The van der Waals surface area contributed by atoms with E-state index in [1.54, 1.807) is 0 Å². The number of benzene rings is 1. The maximum Gasteiger partial charge on any atom is 0.0576 e. The second-order valence-electron chi connectivity index (χ2n) is 6.05. The summed E-state index contributed by atoms with van der Waals surface area (Å²) >= 11 is 5.96. The zero-order valence-corrected chi connectivity index (χ0v) is 13.9. The average Bonchev–Trinajstić information content (AvgIpc) is 3.00. The number of nitrogens with one attached hydrogen (secondary N) is 1. The third-order valence-electron chi connectivity index (χ3n) is 4.18. The lowest BCUT2D eigenvalue weighted by atomic mass is 9.99. The lowest BCUT2D eigenvalue weighted by Gasteiger charge is -2.19. The van der Waals surface area contributed by atoms with Crippen LogP contribution in [0.1, 0.15) is 51.0 Å². The molecule has 1 aliphatic heterocycles. The Labute approximate surface area is 134 Å². The van der Waals surface area contributed by atoms with Gasteiger partial charge in [0.05, 0.1) is 6.10 Å². The topological polar surface area (TPSA) is 21.3 Å². The largest absolute Gasteiger partial charge is 0.378 e. The Balaban J connectivity index is 1.77. The maximum atomic E-state index is 5.96. The smallest absolute Gasteiger partial charge is 0.0576 e. The van der Waals surface area contributed by atoms with E-state index in [4.69, 9.17) is 16.3 Å². The molecule has 1 aliphatic rings. The van der Waals surface area contributed by atoms with Gasteiger partial charge in [0.25, 0.3) is 0 Å². The minimum Gasteiger partial charge on any atom is -0.378 e. The molecule has 1 N–H and O–H groups in total. The first kappa shape index (κ1) is 16.8. The summed E-state index contributed by atoms with van der Waals surface area (Å²) in [6, 6.07) is 8.82. The summed E-state index contributed by atoms with van der Waals surface area (Å²) in [5, 5.41) is 4.50. The van der Waals surface area contributed by atoms with Gasteiger partial charge in [0.15, 0.2) is 0 Å². The van der Waals surface area contributed by atoms with Crippen LogP contribution in [0.25, 0.3) is 0 Å². The fourth-order valence-electron chi connectivity index (χ4n) is 2.99. The van der Waals surface area contributed by atoms with E-state index in [-0.39, 0.29) is 0 Å². The average molecular weight is 310 g/mol. The predicted molar refractivity (Wildman–Crippen MR) is 90.1 cm³/mol. The first-order valence-electron chi connectivity index (χ1n) is 8.37. The zero-order valence-electron chi connectivity index (χ0n) is 13.1. The van der Waals surface area contributed by atoms with Gasteiger partial charge in [0.1, 0.15) is 0 Å². The Morgan fingerprint density at radius 1 is 1.33 bits per heavy atom. The van der Waals surface area contributed by atoms with Crippen LogP contribution in [0.5, 0.6) is 0 Å². The maximum absolute atomic E-state index is 5.96. The molecule has 3 heteroatoms. The Morgan fingerprint density at radius 2 is 2.14 bits per heavy atom. The number of rotatable bonds is 9. The van der Waals surface area contributed by atoms with E-state index in [2.05, 4.69) is 24.4 Å². The summed E-state index contributed by atoms with van der Waals surface area (Å²) in [5.74, 6) is 0. The fourth-order valence-corrected chi connectivity index (χ4v) is 3.12. The van der Waals surface area contributed by atoms with Crippen LogP contribution in [-0.4, -0.2) is 25.3 Å². The van der Waals surface area contributed by atoms with E-state index < -0.39 is 0 Å². The molecule has 2 unspecified atom stereocenters. The number of ether oxygens (including phenoxy) is 1. The molecule has 0 radical (unpaired) electrons. The second kappa shape index (κ2) is 9.45. The van der Waals surface area contributed by atoms with E-state index in [9.17, 15) is 0 Å². The van der Waals surface area contributed by atoms with Crippen molar-refractivity contribution in [1.29, 1.82) is 0 Å². The second-order valence-corrected chi connectivity index (χ2v) is 6.48. The molecular formula is C18H28ClNO. The Morgan fingerprint density at radius 3 is 2.81 bits per heavy atom. The van der Waals surface area contributed by atoms with Gasteiger partial charge in [0.2, 0.25) is 0 Å². The normalized spacial score (nSPS) is 19.8. The molecule has 1 saturated heterocycles. The molecule has 1 fully saturated rings. The SMILES string of the molecule is CCCNC(CCCC1CCCO1)Cc1ccc(Cl)cc1. The van der Waals surface area contributed by atoms with Gasteiger partial charge in [0, 0.05) is 17.7 Å². The van der Waals surface area contributed by atoms with Gasteiger partial charge in [-0.2, -0.15) is 0 Å². The monoisotopic (exact) mass is 309 g/mol. The van der Waals surface area contributed by atoms with Crippen LogP contribution in [0.3, 0.4) is 0 Å². The first-order valence-corrected chi connectivity index (χ1v) is 8.75. The number of hydrogen-bond donors (Lipinski definition) is 1. The highest BCUT2D eigenvalue weighted by atomic mass is 35.5. The van der Waals surface area contributed by atoms with Gasteiger partial charge in [-0.15, -0.1) is 0 Å². The molecule has 1 heterocycles. The first-order chi connectivity index (χ1) is 10.3. The van der Waals surface area contributed by atoms with Gasteiger partial charge < -0.3 is 10.1 Å². The van der Waals surface area contributed by atoms with Crippen molar-refractivity contribution >= 4 is 11.6 Å². The summed E-state index contributed by atoms with van der Waals surface area (Å²) < 4.78 is 5.71. The molecule has 1 aromatic carbocycles. The third-order valence-corrected chi connectivity index (χ3v) is 4.43. The van der Waals surface area contributed by atoms with Gasteiger partial charge in [-0.1, -0.05) is 30.7 Å². The van der Waals surface area contributed by atoms with E-state index in [0.29, 0.717) is 12.1 Å². The standard InChI is InChI=1S/C18H28ClNO/c1-2-12-20-17(5-3-6-18-7-4-13-21-18)14-15-8-10-16(19)11-9-15/h8-11,17-18,20H,2-7,12-14H2,1H3. The molecule has 0 aromatic heterocycles. The Bertz CT molecular complexity index is 387. The predicted octanol–water partition coefficient (Wildman–Crippen LogP) is 4.60.